The molecule has 0 saturated heterocycles. The second-order valence-corrected chi connectivity index (χ2v) is 7.96. The van der Waals surface area contributed by atoms with Crippen LogP contribution in [-0.2, 0) is 9.53 Å². The third kappa shape index (κ3) is 6.70. The molecule has 0 bridgehead atoms. The summed E-state index contributed by atoms with van der Waals surface area (Å²) in [5.74, 6) is -8.15. The molecule has 0 spiro atoms. The van der Waals surface area contributed by atoms with Crippen molar-refractivity contribution in [2.75, 3.05) is 0 Å². The van der Waals surface area contributed by atoms with E-state index in [1.54, 1.807) is 36.4 Å². The van der Waals surface area contributed by atoms with Crippen molar-refractivity contribution in [1.29, 1.82) is 5.26 Å². The van der Waals surface area contributed by atoms with E-state index in [0.717, 1.165) is 24.3 Å². The van der Waals surface area contributed by atoms with Crippen LogP contribution in [0, 0.1) is 17.2 Å². The summed E-state index contributed by atoms with van der Waals surface area (Å²) in [4.78, 5) is 12.8. The number of para-hydroxylation sites is 1. The Morgan fingerprint density at radius 1 is 0.806 bits per heavy atom. The molecule has 3 aromatic carbocycles. The van der Waals surface area contributed by atoms with Crippen molar-refractivity contribution in [2.24, 2.45) is 5.92 Å². The summed E-state index contributed by atoms with van der Waals surface area (Å²) < 4.78 is 91.9. The lowest BCUT2D eigenvalue weighted by Crippen LogP contribution is -2.44. The van der Waals surface area contributed by atoms with E-state index in [-0.39, 0.29) is 16.3 Å². The van der Waals surface area contributed by atoms with E-state index in [1.165, 1.54) is 24.3 Å². The van der Waals surface area contributed by atoms with Crippen molar-refractivity contribution in [1.82, 2.24) is 0 Å². The van der Waals surface area contributed by atoms with E-state index < -0.39 is 41.8 Å². The zero-order valence-corrected chi connectivity index (χ0v) is 18.8. The highest BCUT2D eigenvalue weighted by Gasteiger charge is 2.63. The summed E-state index contributed by atoms with van der Waals surface area (Å²) in [6.45, 7) is 0. The van der Waals surface area contributed by atoms with Crippen LogP contribution in [0.25, 0.3) is 0 Å². The molecule has 0 amide bonds. The minimum atomic E-state index is -5.84. The van der Waals surface area contributed by atoms with Crippen molar-refractivity contribution in [2.45, 2.75) is 24.4 Å². The second kappa shape index (κ2) is 10.9. The molecule has 0 heterocycles. The van der Waals surface area contributed by atoms with Crippen LogP contribution in [-0.4, -0.2) is 18.3 Å². The van der Waals surface area contributed by atoms with Crippen molar-refractivity contribution >= 4 is 17.6 Å². The fraction of sp³-hybridized carbons (Fsp3) is 0.200. The number of alkyl halides is 6. The van der Waals surface area contributed by atoms with Gasteiger partial charge in [-0.1, -0.05) is 54.1 Å². The van der Waals surface area contributed by atoms with E-state index in [4.69, 9.17) is 21.1 Å². The minimum absolute atomic E-state index is 0.00953. The smallest absolute Gasteiger partial charge is 0.401 e. The van der Waals surface area contributed by atoms with Crippen LogP contribution in [0.15, 0.2) is 78.9 Å². The Labute approximate surface area is 206 Å². The number of esters is 1. The van der Waals surface area contributed by atoms with Crippen LogP contribution < -0.4 is 4.74 Å². The minimum Gasteiger partial charge on any atom is -0.457 e. The summed E-state index contributed by atoms with van der Waals surface area (Å²) in [5, 5.41) is 9.56. The highest BCUT2D eigenvalue weighted by molar-refractivity contribution is 6.30. The van der Waals surface area contributed by atoms with E-state index in [9.17, 15) is 36.4 Å². The highest BCUT2D eigenvalue weighted by atomic mass is 35.5. The van der Waals surface area contributed by atoms with Crippen LogP contribution in [0.2, 0.25) is 5.02 Å². The third-order valence-corrected chi connectivity index (χ3v) is 5.26. The van der Waals surface area contributed by atoms with Crippen molar-refractivity contribution in [3.63, 3.8) is 0 Å². The maximum atomic E-state index is 13.6. The first-order valence-electron chi connectivity index (χ1n) is 10.2. The van der Waals surface area contributed by atoms with Gasteiger partial charge in [-0.25, -0.2) is 0 Å². The van der Waals surface area contributed by atoms with E-state index >= 15 is 0 Å². The number of hydrogen-bond acceptors (Lipinski definition) is 4. The predicted molar refractivity (Wildman–Crippen MR) is 117 cm³/mol. The Morgan fingerprint density at radius 3 is 1.94 bits per heavy atom. The average molecular weight is 528 g/mol. The molecular weight excluding hydrogens is 512 g/mol. The molecule has 188 valence electrons. The number of hydrogen-bond donors (Lipinski definition) is 0. The molecule has 2 atom stereocenters. The van der Waals surface area contributed by atoms with Gasteiger partial charge in [0, 0.05) is 10.6 Å². The molecule has 36 heavy (non-hydrogen) atoms. The first-order chi connectivity index (χ1) is 16.9. The molecule has 0 fully saturated rings. The molecule has 4 nitrogen and oxygen atoms in total. The van der Waals surface area contributed by atoms with Crippen LogP contribution in [0.5, 0.6) is 11.5 Å². The Morgan fingerprint density at radius 2 is 1.39 bits per heavy atom. The predicted octanol–water partition coefficient (Wildman–Crippen LogP) is 7.76. The molecule has 0 aliphatic rings. The van der Waals surface area contributed by atoms with Gasteiger partial charge in [0.15, 0.2) is 5.92 Å². The average Bonchev–Trinajstić information content (AvgIpc) is 2.80. The first-order valence-corrected chi connectivity index (χ1v) is 10.6. The fourth-order valence-corrected chi connectivity index (χ4v) is 3.55. The van der Waals surface area contributed by atoms with E-state index in [2.05, 4.69) is 0 Å². The van der Waals surface area contributed by atoms with E-state index in [1.807, 2.05) is 0 Å². The lowest BCUT2D eigenvalue weighted by atomic mass is 9.84. The van der Waals surface area contributed by atoms with Gasteiger partial charge in [-0.05, 0) is 42.0 Å². The van der Waals surface area contributed by atoms with E-state index in [0.29, 0.717) is 5.75 Å². The van der Waals surface area contributed by atoms with Crippen molar-refractivity contribution < 1.29 is 40.6 Å². The molecule has 3 rings (SSSR count). The summed E-state index contributed by atoms with van der Waals surface area (Å²) in [5.41, 5.74) is -0.633. The third-order valence-electron chi connectivity index (χ3n) is 5.01. The van der Waals surface area contributed by atoms with Crippen molar-refractivity contribution in [3.05, 3.63) is 95.0 Å². The van der Waals surface area contributed by atoms with Gasteiger partial charge in [0.25, 0.3) is 0 Å². The lowest BCUT2D eigenvalue weighted by Gasteiger charge is -2.30. The van der Waals surface area contributed by atoms with Gasteiger partial charge < -0.3 is 9.47 Å². The Balaban J connectivity index is 1.95. The highest BCUT2D eigenvalue weighted by Crippen LogP contribution is 2.48. The normalized spacial score (nSPS) is 13.5. The van der Waals surface area contributed by atoms with Gasteiger partial charge >= 0.3 is 18.3 Å². The standard InChI is InChI=1S/C25H16ClF6NO3/c26-17-11-9-15(10-12-17)21(22(24(27,28)29)25(30,31)32)23(34)36-20(14-33)16-5-4-8-19(13-16)35-18-6-2-1-3-7-18/h1-13,20-22H. The maximum Gasteiger partial charge on any atom is 0.401 e. The molecule has 0 aliphatic carbocycles. The Bertz CT molecular complexity index is 1210. The zero-order valence-electron chi connectivity index (χ0n) is 18.1. The van der Waals surface area contributed by atoms with Gasteiger partial charge in [0.1, 0.15) is 23.5 Å². The molecule has 0 radical (unpaired) electrons. The number of nitrogens with zero attached hydrogens (tertiary/aromatic N) is 1. The van der Waals surface area contributed by atoms with Crippen LogP contribution in [0.3, 0.4) is 0 Å². The quantitative estimate of drug-likeness (QED) is 0.233. The van der Waals surface area contributed by atoms with Gasteiger partial charge in [-0.3, -0.25) is 4.79 Å². The van der Waals surface area contributed by atoms with Crippen LogP contribution >= 0.6 is 11.6 Å². The van der Waals surface area contributed by atoms with Gasteiger partial charge in [0.2, 0.25) is 6.10 Å². The molecule has 0 N–H and O–H groups in total. The topological polar surface area (TPSA) is 59.3 Å². The number of halogens is 7. The molecule has 0 aromatic heterocycles. The molecular formula is C25H16ClF6NO3. The summed E-state index contributed by atoms with van der Waals surface area (Å²) in [6.07, 6.45) is -13.5. The monoisotopic (exact) mass is 527 g/mol. The number of carbonyl (C=O) groups is 1. The molecule has 11 heteroatoms. The molecule has 3 aromatic rings. The summed E-state index contributed by atoms with van der Waals surface area (Å²) >= 11 is 5.70. The molecule has 2 unspecified atom stereocenters. The molecule has 0 saturated carbocycles. The fourth-order valence-electron chi connectivity index (χ4n) is 3.42. The molecule has 0 aliphatic heterocycles. The number of rotatable bonds is 7. The van der Waals surface area contributed by atoms with Gasteiger partial charge in [-0.15, -0.1) is 0 Å². The number of benzene rings is 3. The zero-order chi connectivity index (χ0) is 26.5. The Hall–Kier alpha value is -3.71. The van der Waals surface area contributed by atoms with Crippen molar-refractivity contribution in [3.8, 4) is 17.6 Å². The Kier molecular flexibility index (Phi) is 8.15. The largest absolute Gasteiger partial charge is 0.457 e. The van der Waals surface area contributed by atoms with Gasteiger partial charge in [0.05, 0.1) is 0 Å². The SMILES string of the molecule is N#CC(OC(=O)C(c1ccc(Cl)cc1)C(C(F)(F)F)C(F)(F)F)c1cccc(Oc2ccccc2)c1. The number of carbonyl (C=O) groups excluding carboxylic acids is 1. The number of nitriles is 1. The maximum absolute atomic E-state index is 13.6. The lowest BCUT2D eigenvalue weighted by molar-refractivity contribution is -0.290. The number of ether oxygens (including phenoxy) is 2. The van der Waals surface area contributed by atoms with Crippen LogP contribution in [0.4, 0.5) is 26.3 Å². The summed E-state index contributed by atoms with van der Waals surface area (Å²) in [6, 6.07) is 19.4. The summed E-state index contributed by atoms with van der Waals surface area (Å²) in [7, 11) is 0. The second-order valence-electron chi connectivity index (χ2n) is 7.52. The first kappa shape index (κ1) is 26.9. The van der Waals surface area contributed by atoms with Gasteiger partial charge in [-0.2, -0.15) is 31.6 Å². The van der Waals surface area contributed by atoms with Crippen LogP contribution in [0.1, 0.15) is 23.1 Å².